The zero-order valence-electron chi connectivity index (χ0n) is 15.7. The van der Waals surface area contributed by atoms with Crippen LogP contribution >= 0.6 is 0 Å². The Morgan fingerprint density at radius 1 is 1.36 bits per heavy atom. The third-order valence-electron chi connectivity index (χ3n) is 6.49. The molecule has 3 aliphatic rings. The predicted octanol–water partition coefficient (Wildman–Crippen LogP) is 1.63. The van der Waals surface area contributed by atoms with Gasteiger partial charge in [-0.2, -0.15) is 4.98 Å². The highest BCUT2D eigenvalue weighted by atomic mass is 16.5. The molecule has 1 saturated carbocycles. The summed E-state index contributed by atoms with van der Waals surface area (Å²) in [4.78, 5) is 37.1. The second kappa shape index (κ2) is 6.68. The molecular formula is C20H23N5O3. The molecule has 2 aliphatic heterocycles. The molecule has 0 unspecified atom stereocenters. The Bertz CT molecular complexity index is 898. The summed E-state index contributed by atoms with van der Waals surface area (Å²) in [6.45, 7) is 2.16. The molecule has 3 fully saturated rings. The van der Waals surface area contributed by atoms with Crippen LogP contribution in [0.1, 0.15) is 38.0 Å². The predicted molar refractivity (Wildman–Crippen MR) is 98.9 cm³/mol. The van der Waals surface area contributed by atoms with E-state index in [-0.39, 0.29) is 23.8 Å². The summed E-state index contributed by atoms with van der Waals surface area (Å²) in [5.41, 5.74) is 0.555. The van der Waals surface area contributed by atoms with E-state index in [1.807, 2.05) is 17.0 Å². The van der Waals surface area contributed by atoms with E-state index in [0.717, 1.165) is 31.2 Å². The number of hydrogen-bond acceptors (Lipinski definition) is 6. The van der Waals surface area contributed by atoms with Crippen LogP contribution in [0, 0.1) is 5.92 Å². The summed E-state index contributed by atoms with van der Waals surface area (Å²) in [7, 11) is 0. The van der Waals surface area contributed by atoms with Crippen molar-refractivity contribution in [3.8, 4) is 11.4 Å². The molecule has 0 bridgehead atoms. The molecule has 2 aromatic rings. The highest BCUT2D eigenvalue weighted by Crippen LogP contribution is 2.50. The van der Waals surface area contributed by atoms with Gasteiger partial charge in [0, 0.05) is 44.0 Å². The molecule has 0 aromatic carbocycles. The van der Waals surface area contributed by atoms with Crippen LogP contribution in [0.25, 0.3) is 11.4 Å². The standard InChI is InChI=1S/C20H23N5O3/c26-16-6-3-9-24(16)12-17(27)25-11-15-5-1-7-20(15,13-25)19-22-18(23-28-19)14-4-2-8-21-10-14/h2,4,8,10,15H,1,3,5-7,9,11-13H2/t15-,20-/m1/s1. The average molecular weight is 381 g/mol. The first kappa shape index (κ1) is 17.3. The summed E-state index contributed by atoms with van der Waals surface area (Å²) in [6.07, 6.45) is 7.92. The van der Waals surface area contributed by atoms with Crippen molar-refractivity contribution in [2.24, 2.45) is 5.92 Å². The molecule has 0 spiro atoms. The molecule has 1 aliphatic carbocycles. The van der Waals surface area contributed by atoms with Crippen LogP contribution in [0.3, 0.4) is 0 Å². The second-order valence-corrected chi connectivity index (χ2v) is 8.10. The van der Waals surface area contributed by atoms with Crippen LogP contribution in [-0.4, -0.2) is 62.9 Å². The van der Waals surface area contributed by atoms with Gasteiger partial charge in [-0.25, -0.2) is 0 Å². The molecule has 4 heterocycles. The molecule has 8 heteroatoms. The quantitative estimate of drug-likeness (QED) is 0.799. The zero-order chi connectivity index (χ0) is 19.1. The van der Waals surface area contributed by atoms with Crippen LogP contribution in [0.4, 0.5) is 0 Å². The van der Waals surface area contributed by atoms with E-state index in [9.17, 15) is 9.59 Å². The fraction of sp³-hybridized carbons (Fsp3) is 0.550. The maximum Gasteiger partial charge on any atom is 0.242 e. The van der Waals surface area contributed by atoms with Crippen molar-refractivity contribution in [1.29, 1.82) is 0 Å². The molecule has 28 heavy (non-hydrogen) atoms. The van der Waals surface area contributed by atoms with Gasteiger partial charge < -0.3 is 14.3 Å². The minimum absolute atomic E-state index is 0.0241. The highest BCUT2D eigenvalue weighted by Gasteiger charge is 2.55. The van der Waals surface area contributed by atoms with Gasteiger partial charge >= 0.3 is 0 Å². The minimum Gasteiger partial charge on any atom is -0.340 e. The molecule has 2 aromatic heterocycles. The van der Waals surface area contributed by atoms with E-state index in [4.69, 9.17) is 4.52 Å². The number of fused-ring (bicyclic) bond motifs is 1. The number of nitrogens with zero attached hydrogens (tertiary/aromatic N) is 5. The van der Waals surface area contributed by atoms with Crippen molar-refractivity contribution in [3.05, 3.63) is 30.4 Å². The molecule has 0 radical (unpaired) electrons. The first-order valence-electron chi connectivity index (χ1n) is 9.96. The lowest BCUT2D eigenvalue weighted by atomic mass is 9.80. The number of pyridine rings is 1. The van der Waals surface area contributed by atoms with Gasteiger partial charge in [0.2, 0.25) is 23.5 Å². The summed E-state index contributed by atoms with van der Waals surface area (Å²) in [5.74, 6) is 1.60. The van der Waals surface area contributed by atoms with Gasteiger partial charge in [0.1, 0.15) is 0 Å². The smallest absolute Gasteiger partial charge is 0.242 e. The van der Waals surface area contributed by atoms with Crippen LogP contribution in [-0.2, 0) is 15.0 Å². The average Bonchev–Trinajstić information content (AvgIpc) is 3.46. The highest BCUT2D eigenvalue weighted by molar-refractivity contribution is 5.86. The first-order valence-corrected chi connectivity index (χ1v) is 9.96. The summed E-state index contributed by atoms with van der Waals surface area (Å²) >= 11 is 0. The van der Waals surface area contributed by atoms with Crippen molar-refractivity contribution in [2.75, 3.05) is 26.2 Å². The lowest BCUT2D eigenvalue weighted by Gasteiger charge is -2.25. The van der Waals surface area contributed by atoms with Gasteiger partial charge in [0.05, 0.1) is 12.0 Å². The van der Waals surface area contributed by atoms with Gasteiger partial charge in [-0.1, -0.05) is 11.6 Å². The zero-order valence-corrected chi connectivity index (χ0v) is 15.7. The molecule has 0 N–H and O–H groups in total. The Morgan fingerprint density at radius 2 is 2.29 bits per heavy atom. The van der Waals surface area contributed by atoms with E-state index in [1.54, 1.807) is 17.3 Å². The Kier molecular flexibility index (Phi) is 4.14. The summed E-state index contributed by atoms with van der Waals surface area (Å²) in [5, 5.41) is 4.17. The van der Waals surface area contributed by atoms with Crippen molar-refractivity contribution in [2.45, 2.75) is 37.5 Å². The topological polar surface area (TPSA) is 92.4 Å². The normalized spacial score (nSPS) is 26.9. The largest absolute Gasteiger partial charge is 0.340 e. The van der Waals surface area contributed by atoms with Gasteiger partial charge in [-0.05, 0) is 37.3 Å². The van der Waals surface area contributed by atoms with Gasteiger partial charge in [0.15, 0.2) is 0 Å². The van der Waals surface area contributed by atoms with Crippen LogP contribution in [0.2, 0.25) is 0 Å². The first-order chi connectivity index (χ1) is 13.7. The Balaban J connectivity index is 1.36. The monoisotopic (exact) mass is 381 g/mol. The van der Waals surface area contributed by atoms with E-state index < -0.39 is 0 Å². The fourth-order valence-electron chi connectivity index (χ4n) is 5.00. The fourth-order valence-corrected chi connectivity index (χ4v) is 5.00. The van der Waals surface area contributed by atoms with Gasteiger partial charge in [0.25, 0.3) is 0 Å². The minimum atomic E-state index is -0.266. The van der Waals surface area contributed by atoms with Gasteiger partial charge in [-0.15, -0.1) is 0 Å². The molecule has 2 saturated heterocycles. The van der Waals surface area contributed by atoms with Crippen molar-refractivity contribution in [3.63, 3.8) is 0 Å². The Morgan fingerprint density at radius 3 is 3.07 bits per heavy atom. The van der Waals surface area contributed by atoms with E-state index in [0.29, 0.717) is 43.7 Å². The maximum atomic E-state index is 12.8. The van der Waals surface area contributed by atoms with Crippen molar-refractivity contribution >= 4 is 11.8 Å². The van der Waals surface area contributed by atoms with Crippen LogP contribution < -0.4 is 0 Å². The molecule has 8 nitrogen and oxygen atoms in total. The molecular weight excluding hydrogens is 358 g/mol. The van der Waals surface area contributed by atoms with Crippen molar-refractivity contribution < 1.29 is 14.1 Å². The Hall–Kier alpha value is -2.77. The number of amides is 2. The maximum absolute atomic E-state index is 12.8. The SMILES string of the molecule is O=C1CCCN1CC(=O)N1C[C@H]2CCC[C@@]2(c2nc(-c3cccnc3)no2)C1. The second-order valence-electron chi connectivity index (χ2n) is 8.10. The number of likely N-dealkylation sites (tertiary alicyclic amines) is 2. The van der Waals surface area contributed by atoms with E-state index >= 15 is 0 Å². The molecule has 2 amide bonds. The lowest BCUT2D eigenvalue weighted by molar-refractivity contribution is -0.137. The third kappa shape index (κ3) is 2.78. The van der Waals surface area contributed by atoms with E-state index in [2.05, 4.69) is 15.1 Å². The molecule has 146 valence electrons. The Labute approximate surface area is 162 Å². The lowest BCUT2D eigenvalue weighted by Crippen LogP contribution is -2.41. The number of hydrogen-bond donors (Lipinski definition) is 0. The van der Waals surface area contributed by atoms with Crippen LogP contribution in [0.5, 0.6) is 0 Å². The molecule has 5 rings (SSSR count). The summed E-state index contributed by atoms with van der Waals surface area (Å²) < 4.78 is 5.69. The number of carbonyl (C=O) groups excluding carboxylic acids is 2. The van der Waals surface area contributed by atoms with Crippen LogP contribution in [0.15, 0.2) is 29.0 Å². The third-order valence-corrected chi connectivity index (χ3v) is 6.49. The number of rotatable bonds is 4. The number of carbonyl (C=O) groups is 2. The van der Waals surface area contributed by atoms with E-state index in [1.165, 1.54) is 0 Å². The summed E-state index contributed by atoms with van der Waals surface area (Å²) in [6, 6.07) is 3.75. The number of aromatic nitrogens is 3. The van der Waals surface area contributed by atoms with Gasteiger partial charge in [-0.3, -0.25) is 14.6 Å². The molecule has 2 atom stereocenters. The van der Waals surface area contributed by atoms with Crippen molar-refractivity contribution in [1.82, 2.24) is 24.9 Å².